The molecule has 148 valence electrons. The molecule has 0 bridgehead atoms. The van der Waals surface area contributed by atoms with E-state index in [2.05, 4.69) is 0 Å². The molecule has 0 radical (unpaired) electrons. The fourth-order valence-electron chi connectivity index (χ4n) is 2.66. The first-order valence-corrected chi connectivity index (χ1v) is 10.9. The Morgan fingerprint density at radius 3 is 1.43 bits per heavy atom. The van der Waals surface area contributed by atoms with Gasteiger partial charge in [-0.25, -0.2) is 4.57 Å². The van der Waals surface area contributed by atoms with Crippen LogP contribution in [0, 0.1) is 13.8 Å². The maximum atomic E-state index is 12.6. The Hall–Kier alpha value is -0.190. The van der Waals surface area contributed by atoms with Gasteiger partial charge in [0.1, 0.15) is 11.5 Å². The van der Waals surface area contributed by atoms with Gasteiger partial charge >= 0.3 is 37.4 Å². The Labute approximate surface area is 199 Å². The van der Waals surface area contributed by atoms with Crippen molar-refractivity contribution in [3.8, 4) is 11.5 Å². The summed E-state index contributed by atoms with van der Waals surface area (Å²) in [5, 5.41) is 1.12. The molecule has 2 aromatic carbocycles. The van der Waals surface area contributed by atoms with Crippen LogP contribution in [0.5, 0.6) is 11.5 Å². The van der Waals surface area contributed by atoms with Crippen LogP contribution >= 0.6 is 31.0 Å². The van der Waals surface area contributed by atoms with Crippen LogP contribution in [0.4, 0.5) is 0 Å². The molecule has 0 saturated heterocycles. The second kappa shape index (κ2) is 10.2. The summed E-state index contributed by atoms with van der Waals surface area (Å²) >= 11 is 12.3. The molecule has 0 atom stereocenters. The molecular weight excluding hydrogens is 429 g/mol. The molecule has 0 aliphatic carbocycles. The smallest absolute Gasteiger partial charge is 0.736 e. The van der Waals surface area contributed by atoms with Crippen molar-refractivity contribution in [1.82, 2.24) is 0 Å². The molecule has 4 nitrogen and oxygen atoms in total. The maximum absolute atomic E-state index is 12.6. The van der Waals surface area contributed by atoms with Gasteiger partial charge in [0.25, 0.3) is 0 Å². The summed E-state index contributed by atoms with van der Waals surface area (Å²) in [6.45, 7) is 11.3. The largest absolute Gasteiger partial charge is 1.00 e. The van der Waals surface area contributed by atoms with Gasteiger partial charge in [0.2, 0.25) is 0 Å². The van der Waals surface area contributed by atoms with E-state index < -0.39 is 7.82 Å². The monoisotopic (exact) mass is 452 g/mol. The van der Waals surface area contributed by atoms with Crippen LogP contribution in [0.2, 0.25) is 10.0 Å². The van der Waals surface area contributed by atoms with Gasteiger partial charge in [0, 0.05) is 10.0 Å². The van der Waals surface area contributed by atoms with Crippen LogP contribution in [0.3, 0.4) is 0 Å². The fraction of sp³-hybridized carbons (Fsp3) is 0.400. The van der Waals surface area contributed by atoms with E-state index in [1.807, 2.05) is 27.7 Å². The van der Waals surface area contributed by atoms with E-state index in [0.717, 1.165) is 11.1 Å². The van der Waals surface area contributed by atoms with E-state index in [1.54, 1.807) is 38.1 Å². The topological polar surface area (TPSA) is 58.6 Å². The predicted octanol–water partition coefficient (Wildman–Crippen LogP) is 3.79. The van der Waals surface area contributed by atoms with Crippen molar-refractivity contribution in [2.75, 3.05) is 0 Å². The van der Waals surface area contributed by atoms with Crippen LogP contribution in [-0.2, 0) is 4.57 Å². The summed E-state index contributed by atoms with van der Waals surface area (Å²) in [4.78, 5) is 12.6. The number of aryl methyl sites for hydroxylation is 2. The third kappa shape index (κ3) is 6.40. The molecule has 0 aromatic heterocycles. The molecule has 2 aromatic rings. The van der Waals surface area contributed by atoms with Crippen molar-refractivity contribution in [3.05, 3.63) is 56.6 Å². The predicted molar refractivity (Wildman–Crippen MR) is 109 cm³/mol. The second-order valence-corrected chi connectivity index (χ2v) is 9.29. The Bertz CT molecular complexity index is 831. The summed E-state index contributed by atoms with van der Waals surface area (Å²) in [7, 11) is -4.68. The van der Waals surface area contributed by atoms with E-state index in [4.69, 9.17) is 32.2 Å². The van der Waals surface area contributed by atoms with Crippen molar-refractivity contribution in [3.63, 3.8) is 0 Å². The van der Waals surface area contributed by atoms with Crippen LogP contribution in [0.1, 0.15) is 61.8 Å². The zero-order valence-corrected chi connectivity index (χ0v) is 21.7. The number of hydrogen-bond acceptors (Lipinski definition) is 4. The summed E-state index contributed by atoms with van der Waals surface area (Å²) in [5.74, 6) is 0.508. The van der Waals surface area contributed by atoms with Crippen LogP contribution in [-0.4, -0.2) is 0 Å². The number of phosphoric acid groups is 1. The summed E-state index contributed by atoms with van der Waals surface area (Å²) in [5.41, 5.74) is 2.84. The molecule has 0 heterocycles. The van der Waals surface area contributed by atoms with Crippen LogP contribution in [0.15, 0.2) is 24.3 Å². The molecular formula is C20H24Cl2NaO4P. The van der Waals surface area contributed by atoms with Gasteiger partial charge in [-0.2, -0.15) is 0 Å². The quantitative estimate of drug-likeness (QED) is 0.494. The summed E-state index contributed by atoms with van der Waals surface area (Å²) in [6.07, 6.45) is 0. The zero-order valence-electron chi connectivity index (χ0n) is 17.3. The van der Waals surface area contributed by atoms with Gasteiger partial charge in [-0.05, 0) is 72.2 Å². The average molecular weight is 453 g/mol. The average Bonchev–Trinajstić information content (AvgIpc) is 2.52. The maximum Gasteiger partial charge on any atom is 1.00 e. The molecule has 0 amide bonds. The molecule has 8 heteroatoms. The van der Waals surface area contributed by atoms with Gasteiger partial charge in [-0.3, -0.25) is 0 Å². The van der Waals surface area contributed by atoms with Gasteiger partial charge in [-0.15, -0.1) is 0 Å². The molecule has 0 aliphatic rings. The van der Waals surface area contributed by atoms with Gasteiger partial charge in [-0.1, -0.05) is 50.9 Å². The van der Waals surface area contributed by atoms with Crippen LogP contribution in [0.25, 0.3) is 0 Å². The van der Waals surface area contributed by atoms with Gasteiger partial charge in [0.15, 0.2) is 0 Å². The molecule has 0 aliphatic heterocycles. The normalized spacial score (nSPS) is 11.5. The van der Waals surface area contributed by atoms with E-state index in [9.17, 15) is 9.46 Å². The standard InChI is InChI=1S/C20H25Cl2O4P.Na/c1-11(2)15-9-17(21)13(5)7-19(15)25-27(23,24)26-20-8-14(6)18(22)10-16(20)12(3)4;/h7-12H,1-6H3,(H,23,24);/q;+1/p-1. The Balaban J connectivity index is 0.00000392. The molecule has 2 rings (SSSR count). The van der Waals surface area contributed by atoms with E-state index in [1.165, 1.54) is 0 Å². The van der Waals surface area contributed by atoms with Gasteiger partial charge in [0.05, 0.1) is 0 Å². The van der Waals surface area contributed by atoms with E-state index >= 15 is 0 Å². The minimum Gasteiger partial charge on any atom is -0.736 e. The minimum atomic E-state index is -4.68. The van der Waals surface area contributed by atoms with Crippen molar-refractivity contribution in [2.45, 2.75) is 53.4 Å². The van der Waals surface area contributed by atoms with E-state index in [0.29, 0.717) is 21.2 Å². The summed E-state index contributed by atoms with van der Waals surface area (Å²) < 4.78 is 23.3. The SMILES string of the molecule is Cc1cc(OP(=O)([O-])Oc2cc(C)c(Cl)cc2C(C)C)c(C(C)C)cc1Cl.[Na+]. The Kier molecular flexibility index (Phi) is 9.43. The number of rotatable bonds is 6. The van der Waals surface area contributed by atoms with Crippen LogP contribution < -0.4 is 43.5 Å². The molecule has 0 spiro atoms. The number of hydrogen-bond donors (Lipinski definition) is 0. The Morgan fingerprint density at radius 2 is 1.14 bits per heavy atom. The second-order valence-electron chi connectivity index (χ2n) is 7.22. The fourth-order valence-corrected chi connectivity index (χ4v) is 3.84. The number of phosphoric ester groups is 1. The number of benzene rings is 2. The minimum absolute atomic E-state index is 0. The van der Waals surface area contributed by atoms with Gasteiger partial charge < -0.3 is 13.9 Å². The first-order chi connectivity index (χ1) is 12.4. The van der Waals surface area contributed by atoms with Crippen molar-refractivity contribution < 1.29 is 48.1 Å². The van der Waals surface area contributed by atoms with Crippen molar-refractivity contribution in [2.24, 2.45) is 0 Å². The molecule has 28 heavy (non-hydrogen) atoms. The Morgan fingerprint density at radius 1 is 0.821 bits per heavy atom. The first kappa shape index (κ1) is 25.8. The van der Waals surface area contributed by atoms with Crippen molar-refractivity contribution >= 4 is 31.0 Å². The third-order valence-electron chi connectivity index (χ3n) is 4.25. The first-order valence-electron chi connectivity index (χ1n) is 8.71. The van der Waals surface area contributed by atoms with Crippen molar-refractivity contribution in [1.29, 1.82) is 0 Å². The summed E-state index contributed by atoms with van der Waals surface area (Å²) in [6, 6.07) is 6.68. The molecule has 0 saturated carbocycles. The third-order valence-corrected chi connectivity index (χ3v) is 5.90. The number of halogens is 2. The molecule has 0 fully saturated rings. The van der Waals surface area contributed by atoms with E-state index in [-0.39, 0.29) is 52.9 Å². The molecule has 0 unspecified atom stereocenters. The molecule has 0 N–H and O–H groups in total. The zero-order chi connectivity index (χ0) is 20.5.